The zero-order valence-corrected chi connectivity index (χ0v) is 16.3. The molecule has 7 nitrogen and oxygen atoms in total. The Morgan fingerprint density at radius 3 is 2.82 bits per heavy atom. The van der Waals surface area contributed by atoms with Crippen molar-refractivity contribution in [2.45, 2.75) is 45.6 Å². The Bertz CT molecular complexity index is 897. The van der Waals surface area contributed by atoms with Crippen LogP contribution in [0.4, 0.5) is 0 Å². The van der Waals surface area contributed by atoms with Crippen LogP contribution < -0.4 is 5.32 Å². The van der Waals surface area contributed by atoms with E-state index in [-0.39, 0.29) is 17.9 Å². The number of hydrogen-bond acceptors (Lipinski definition) is 5. The first-order chi connectivity index (χ1) is 13.5. The number of aromatic nitrogens is 3. The summed E-state index contributed by atoms with van der Waals surface area (Å²) in [6.45, 7) is 5.21. The van der Waals surface area contributed by atoms with Gasteiger partial charge in [0.25, 0.3) is 5.91 Å². The second-order valence-corrected chi connectivity index (χ2v) is 7.73. The van der Waals surface area contributed by atoms with E-state index in [1.54, 1.807) is 18.6 Å². The SMILES string of the molecule is Cc1nc(-c2cccnc2)ncc1C(=O)N1CCC[C@@]2(CCCNC2=O)[C@@H]1C. The fraction of sp³-hybridized carbons (Fsp3) is 0.476. The number of amides is 2. The molecule has 4 heterocycles. The predicted octanol–water partition coefficient (Wildman–Crippen LogP) is 2.37. The van der Waals surface area contributed by atoms with E-state index in [1.165, 1.54) is 0 Å². The van der Waals surface area contributed by atoms with Crippen molar-refractivity contribution >= 4 is 11.8 Å². The van der Waals surface area contributed by atoms with Gasteiger partial charge >= 0.3 is 0 Å². The molecule has 2 aliphatic heterocycles. The number of likely N-dealkylation sites (tertiary alicyclic amines) is 1. The number of pyridine rings is 1. The molecule has 146 valence electrons. The summed E-state index contributed by atoms with van der Waals surface area (Å²) < 4.78 is 0. The molecule has 2 aromatic rings. The van der Waals surface area contributed by atoms with Gasteiger partial charge in [0.2, 0.25) is 5.91 Å². The van der Waals surface area contributed by atoms with Crippen molar-refractivity contribution in [3.8, 4) is 11.4 Å². The molecule has 2 atom stereocenters. The average molecular weight is 379 g/mol. The van der Waals surface area contributed by atoms with Crippen LogP contribution in [0.3, 0.4) is 0 Å². The van der Waals surface area contributed by atoms with Crippen LogP contribution in [0.2, 0.25) is 0 Å². The standard InChI is InChI=1S/C21H25N5O2/c1-14-17(13-24-18(25-14)16-6-3-9-22-12-16)19(27)26-11-5-8-21(15(26)2)7-4-10-23-20(21)28/h3,6,9,12-13,15H,4-5,7-8,10-11H2,1-2H3,(H,23,28)/t15-,21-/m0/s1. The number of hydrogen-bond donors (Lipinski definition) is 1. The Kier molecular flexibility index (Phi) is 4.83. The van der Waals surface area contributed by atoms with Gasteiger partial charge in [0, 0.05) is 43.3 Å². The number of carbonyl (C=O) groups excluding carboxylic acids is 2. The van der Waals surface area contributed by atoms with Gasteiger partial charge in [-0.25, -0.2) is 9.97 Å². The van der Waals surface area contributed by atoms with E-state index in [0.717, 1.165) is 37.8 Å². The summed E-state index contributed by atoms with van der Waals surface area (Å²) in [7, 11) is 0. The average Bonchev–Trinajstić information content (AvgIpc) is 2.72. The first-order valence-electron chi connectivity index (χ1n) is 9.86. The maximum Gasteiger partial charge on any atom is 0.257 e. The summed E-state index contributed by atoms with van der Waals surface area (Å²) in [4.78, 5) is 40.8. The van der Waals surface area contributed by atoms with Gasteiger partial charge < -0.3 is 10.2 Å². The lowest BCUT2D eigenvalue weighted by molar-refractivity contribution is -0.140. The summed E-state index contributed by atoms with van der Waals surface area (Å²) in [5, 5.41) is 3.00. The van der Waals surface area contributed by atoms with E-state index in [0.29, 0.717) is 23.6 Å². The zero-order valence-electron chi connectivity index (χ0n) is 16.3. The Balaban J connectivity index is 1.61. The quantitative estimate of drug-likeness (QED) is 0.865. The highest BCUT2D eigenvalue weighted by Crippen LogP contribution is 2.42. The van der Waals surface area contributed by atoms with Crippen molar-refractivity contribution < 1.29 is 9.59 Å². The Morgan fingerprint density at radius 2 is 2.11 bits per heavy atom. The number of nitrogens with one attached hydrogen (secondary N) is 1. The normalized spacial score (nSPS) is 24.9. The molecular formula is C21H25N5O2. The fourth-order valence-electron chi connectivity index (χ4n) is 4.54. The van der Waals surface area contributed by atoms with Gasteiger partial charge in [-0.15, -0.1) is 0 Å². The van der Waals surface area contributed by atoms with E-state index in [9.17, 15) is 9.59 Å². The highest BCUT2D eigenvalue weighted by molar-refractivity contribution is 5.96. The molecule has 2 aliphatic rings. The minimum absolute atomic E-state index is 0.0867. The Morgan fingerprint density at radius 1 is 1.29 bits per heavy atom. The van der Waals surface area contributed by atoms with E-state index in [2.05, 4.69) is 20.3 Å². The van der Waals surface area contributed by atoms with Crippen molar-refractivity contribution in [3.63, 3.8) is 0 Å². The Hall–Kier alpha value is -2.83. The molecule has 2 fully saturated rings. The van der Waals surface area contributed by atoms with Gasteiger partial charge in [0.1, 0.15) is 0 Å². The van der Waals surface area contributed by atoms with Gasteiger partial charge in [0.05, 0.1) is 16.7 Å². The van der Waals surface area contributed by atoms with Crippen LogP contribution >= 0.6 is 0 Å². The molecule has 4 rings (SSSR count). The van der Waals surface area contributed by atoms with Gasteiger partial charge in [-0.2, -0.15) is 0 Å². The minimum Gasteiger partial charge on any atom is -0.356 e. The molecule has 0 unspecified atom stereocenters. The summed E-state index contributed by atoms with van der Waals surface area (Å²) in [5.74, 6) is 0.542. The van der Waals surface area contributed by atoms with E-state index < -0.39 is 5.41 Å². The molecule has 0 aromatic carbocycles. The molecule has 1 spiro atoms. The van der Waals surface area contributed by atoms with Crippen molar-refractivity contribution in [1.29, 1.82) is 0 Å². The van der Waals surface area contributed by atoms with Crippen LogP contribution in [-0.4, -0.2) is 50.8 Å². The van der Waals surface area contributed by atoms with Crippen molar-refractivity contribution in [1.82, 2.24) is 25.2 Å². The topological polar surface area (TPSA) is 88.1 Å². The maximum absolute atomic E-state index is 13.3. The molecular weight excluding hydrogens is 354 g/mol. The van der Waals surface area contributed by atoms with E-state index in [1.807, 2.05) is 30.9 Å². The molecule has 2 amide bonds. The largest absolute Gasteiger partial charge is 0.356 e. The number of nitrogens with zero attached hydrogens (tertiary/aromatic N) is 4. The molecule has 7 heteroatoms. The van der Waals surface area contributed by atoms with Gasteiger partial charge in [-0.05, 0) is 51.7 Å². The smallest absolute Gasteiger partial charge is 0.257 e. The number of rotatable bonds is 2. The lowest BCUT2D eigenvalue weighted by Crippen LogP contribution is -2.61. The van der Waals surface area contributed by atoms with Crippen LogP contribution in [0.15, 0.2) is 30.7 Å². The summed E-state index contributed by atoms with van der Waals surface area (Å²) in [6.07, 6.45) is 8.45. The monoisotopic (exact) mass is 379 g/mol. The summed E-state index contributed by atoms with van der Waals surface area (Å²) in [6, 6.07) is 3.57. The molecule has 1 N–H and O–H groups in total. The third-order valence-corrected chi connectivity index (χ3v) is 6.22. The van der Waals surface area contributed by atoms with Gasteiger partial charge in [-0.3, -0.25) is 14.6 Å². The first kappa shape index (κ1) is 18.5. The van der Waals surface area contributed by atoms with Crippen LogP contribution in [-0.2, 0) is 4.79 Å². The molecule has 2 saturated heterocycles. The predicted molar refractivity (Wildman–Crippen MR) is 104 cm³/mol. The van der Waals surface area contributed by atoms with Crippen LogP contribution in [0.25, 0.3) is 11.4 Å². The maximum atomic E-state index is 13.3. The molecule has 0 aliphatic carbocycles. The molecule has 28 heavy (non-hydrogen) atoms. The second kappa shape index (κ2) is 7.30. The lowest BCUT2D eigenvalue weighted by atomic mass is 9.68. The molecule has 0 bridgehead atoms. The van der Waals surface area contributed by atoms with Gasteiger partial charge in [0.15, 0.2) is 5.82 Å². The van der Waals surface area contributed by atoms with Crippen LogP contribution in [0, 0.1) is 12.3 Å². The van der Waals surface area contributed by atoms with Crippen molar-refractivity contribution in [2.24, 2.45) is 5.41 Å². The minimum atomic E-state index is -0.476. The zero-order chi connectivity index (χ0) is 19.7. The van der Waals surface area contributed by atoms with E-state index in [4.69, 9.17) is 0 Å². The van der Waals surface area contributed by atoms with Crippen LogP contribution in [0.5, 0.6) is 0 Å². The molecule has 0 saturated carbocycles. The van der Waals surface area contributed by atoms with Crippen LogP contribution in [0.1, 0.15) is 48.7 Å². The van der Waals surface area contributed by atoms with Gasteiger partial charge in [-0.1, -0.05) is 0 Å². The molecule has 2 aromatic heterocycles. The fourth-order valence-corrected chi connectivity index (χ4v) is 4.54. The summed E-state index contributed by atoms with van der Waals surface area (Å²) in [5.41, 5.74) is 1.47. The third-order valence-electron chi connectivity index (χ3n) is 6.22. The molecule has 0 radical (unpaired) electrons. The Labute approximate surface area is 164 Å². The number of carbonyl (C=O) groups is 2. The first-order valence-corrected chi connectivity index (χ1v) is 9.86. The van der Waals surface area contributed by atoms with Crippen molar-refractivity contribution in [2.75, 3.05) is 13.1 Å². The van der Waals surface area contributed by atoms with Crippen molar-refractivity contribution in [3.05, 3.63) is 42.0 Å². The second-order valence-electron chi connectivity index (χ2n) is 7.73. The third kappa shape index (κ3) is 3.04. The number of aryl methyl sites for hydroxylation is 1. The highest BCUT2D eigenvalue weighted by Gasteiger charge is 2.50. The lowest BCUT2D eigenvalue weighted by Gasteiger charge is -2.49. The number of piperidine rings is 2. The summed E-state index contributed by atoms with van der Waals surface area (Å²) >= 11 is 0. The highest BCUT2D eigenvalue weighted by atomic mass is 16.2. The van der Waals surface area contributed by atoms with E-state index >= 15 is 0 Å².